The van der Waals surface area contributed by atoms with Gasteiger partial charge in [0.15, 0.2) is 0 Å². The number of nitrogens with zero attached hydrogens (tertiary/aromatic N) is 2. The van der Waals surface area contributed by atoms with E-state index in [4.69, 9.17) is 4.74 Å². The Labute approximate surface area is 251 Å². The second kappa shape index (κ2) is 10.8. The second-order valence-electron chi connectivity index (χ2n) is 10.1. The zero-order valence-corrected chi connectivity index (χ0v) is 25.5. The van der Waals surface area contributed by atoms with Gasteiger partial charge in [0.2, 0.25) is 0 Å². The summed E-state index contributed by atoms with van der Waals surface area (Å²) in [7, 11) is -3.15. The van der Waals surface area contributed by atoms with E-state index in [0.717, 1.165) is 28.9 Å². The van der Waals surface area contributed by atoms with Crippen molar-refractivity contribution in [3.8, 4) is 16.3 Å². The number of sulfonamides is 1. The maximum atomic E-state index is 13.5. The molecule has 9 nitrogen and oxygen atoms in total. The molecule has 1 aliphatic rings. The molecule has 42 heavy (non-hydrogen) atoms. The van der Waals surface area contributed by atoms with Gasteiger partial charge in [-0.15, -0.1) is 11.3 Å². The van der Waals surface area contributed by atoms with E-state index in [-0.39, 0.29) is 31.7 Å². The number of anilines is 1. The summed E-state index contributed by atoms with van der Waals surface area (Å²) in [6, 6.07) is 13.7. The minimum atomic E-state index is -4.62. The maximum absolute atomic E-state index is 13.5. The molecule has 1 amide bonds. The third-order valence-electron chi connectivity index (χ3n) is 6.66. The SMILES string of the molecule is Cn1nc(-c2ccc(S(=O)(=O)NC3c4cc(C(=O)Nc5ccc(Br)cc5)ccc4OC(C)(C)[C@H]3O)s2)cc1C(F)(F)F. The van der Waals surface area contributed by atoms with Crippen molar-refractivity contribution in [2.24, 2.45) is 7.05 Å². The number of halogens is 4. The number of thiophene rings is 1. The molecule has 0 saturated heterocycles. The average molecular weight is 686 g/mol. The number of benzene rings is 2. The van der Waals surface area contributed by atoms with Crippen LogP contribution < -0.4 is 14.8 Å². The van der Waals surface area contributed by atoms with Crippen molar-refractivity contribution in [3.63, 3.8) is 0 Å². The molecule has 0 spiro atoms. The van der Waals surface area contributed by atoms with Crippen molar-refractivity contribution in [1.29, 1.82) is 0 Å². The lowest BCUT2D eigenvalue weighted by molar-refractivity contribution is -0.143. The van der Waals surface area contributed by atoms with Gasteiger partial charge in [-0.2, -0.15) is 18.3 Å². The zero-order chi connectivity index (χ0) is 30.6. The molecule has 1 aliphatic heterocycles. The van der Waals surface area contributed by atoms with Gasteiger partial charge in [-0.1, -0.05) is 15.9 Å². The third-order valence-corrected chi connectivity index (χ3v) is 10.2. The van der Waals surface area contributed by atoms with Crippen LogP contribution in [0.4, 0.5) is 18.9 Å². The fourth-order valence-corrected chi connectivity index (χ4v) is 7.25. The Morgan fingerprint density at radius 3 is 2.45 bits per heavy atom. The Morgan fingerprint density at radius 1 is 1.12 bits per heavy atom. The number of nitrogens with one attached hydrogen (secondary N) is 2. The number of hydrogen-bond donors (Lipinski definition) is 3. The number of aliphatic hydroxyl groups is 1. The van der Waals surface area contributed by atoms with Gasteiger partial charge in [-0.05, 0) is 74.5 Å². The number of rotatable bonds is 6. The Hall–Kier alpha value is -3.24. The molecular formula is C27H24BrF3N4O5S2. The van der Waals surface area contributed by atoms with Crippen LogP contribution in [-0.4, -0.2) is 40.9 Å². The first-order valence-corrected chi connectivity index (χ1v) is 15.5. The quantitative estimate of drug-likeness (QED) is 0.238. The highest BCUT2D eigenvalue weighted by molar-refractivity contribution is 9.10. The molecule has 0 saturated carbocycles. The van der Waals surface area contributed by atoms with E-state index in [1.54, 1.807) is 38.1 Å². The lowest BCUT2D eigenvalue weighted by Gasteiger charge is -2.42. The van der Waals surface area contributed by atoms with Gasteiger partial charge in [-0.25, -0.2) is 13.1 Å². The fourth-order valence-electron chi connectivity index (χ4n) is 4.49. The Morgan fingerprint density at radius 2 is 1.81 bits per heavy atom. The first-order valence-electron chi connectivity index (χ1n) is 12.4. The van der Waals surface area contributed by atoms with Crippen molar-refractivity contribution in [1.82, 2.24) is 14.5 Å². The van der Waals surface area contributed by atoms with Crippen molar-refractivity contribution in [2.45, 2.75) is 42.0 Å². The number of amides is 1. The summed E-state index contributed by atoms with van der Waals surface area (Å²) < 4.78 is 76.4. The Bertz CT molecular complexity index is 1770. The molecule has 3 heterocycles. The summed E-state index contributed by atoms with van der Waals surface area (Å²) in [4.78, 5) is 13.2. The van der Waals surface area contributed by atoms with E-state index >= 15 is 0 Å². The molecule has 2 aromatic heterocycles. The second-order valence-corrected chi connectivity index (χ2v) is 14.1. The molecule has 3 N–H and O–H groups in total. The first kappa shape index (κ1) is 30.2. The molecule has 0 bridgehead atoms. The van der Waals surface area contributed by atoms with Gasteiger partial charge in [0.05, 0.1) is 10.9 Å². The van der Waals surface area contributed by atoms with Crippen molar-refractivity contribution in [2.75, 3.05) is 5.32 Å². The van der Waals surface area contributed by atoms with Gasteiger partial charge in [0, 0.05) is 28.3 Å². The number of carbonyl (C=O) groups is 1. The summed E-state index contributed by atoms with van der Waals surface area (Å²) >= 11 is 4.07. The van der Waals surface area contributed by atoms with Crippen molar-refractivity contribution >= 4 is 48.9 Å². The summed E-state index contributed by atoms with van der Waals surface area (Å²) in [5.41, 5.74) is -1.23. The van der Waals surface area contributed by atoms with Gasteiger partial charge in [-0.3, -0.25) is 9.48 Å². The predicted molar refractivity (Wildman–Crippen MR) is 154 cm³/mol. The smallest absolute Gasteiger partial charge is 0.433 e. The molecule has 2 atom stereocenters. The van der Waals surface area contributed by atoms with E-state index in [0.29, 0.717) is 10.4 Å². The number of aryl methyl sites for hydroxylation is 1. The van der Waals surface area contributed by atoms with E-state index in [1.807, 2.05) is 0 Å². The number of carbonyl (C=O) groups excluding carboxylic acids is 1. The predicted octanol–water partition coefficient (Wildman–Crippen LogP) is 5.73. The van der Waals surface area contributed by atoms with Crippen LogP contribution >= 0.6 is 27.3 Å². The van der Waals surface area contributed by atoms with Crippen LogP contribution in [0.5, 0.6) is 5.75 Å². The number of fused-ring (bicyclic) bond motifs is 1. The maximum Gasteiger partial charge on any atom is 0.433 e. The summed E-state index contributed by atoms with van der Waals surface area (Å²) in [5, 5.41) is 17.8. The van der Waals surface area contributed by atoms with E-state index < -0.39 is 45.5 Å². The standard InChI is InChI=1S/C27H24BrF3N4O5S2/c1-26(2)24(36)23(17-12-14(4-9-19(17)40-26)25(37)32-16-7-5-15(28)6-8-16)34-42(38,39)22-11-10-20(41-22)18-13-21(27(29,30)31)35(3)33-18/h4-13,23-24,34,36H,1-3H3,(H,32,37)/t23?,24-/m0/s1. The fraction of sp³-hybridized carbons (Fsp3) is 0.259. The molecule has 2 aromatic carbocycles. The van der Waals surface area contributed by atoms with Crippen LogP contribution in [0.2, 0.25) is 0 Å². The highest BCUT2D eigenvalue weighted by Crippen LogP contribution is 2.42. The van der Waals surface area contributed by atoms with E-state index in [9.17, 15) is 31.5 Å². The minimum absolute atomic E-state index is 0.0321. The molecular weight excluding hydrogens is 661 g/mol. The Balaban J connectivity index is 1.45. The Kier molecular flexibility index (Phi) is 7.77. The molecule has 0 aliphatic carbocycles. The number of alkyl halides is 3. The van der Waals surface area contributed by atoms with Gasteiger partial charge in [0.1, 0.15) is 33.1 Å². The minimum Gasteiger partial charge on any atom is -0.485 e. The van der Waals surface area contributed by atoms with Crippen molar-refractivity contribution in [3.05, 3.63) is 82.0 Å². The number of aliphatic hydroxyl groups excluding tert-OH is 1. The normalized spacial score (nSPS) is 18.3. The van der Waals surface area contributed by atoms with E-state index in [1.165, 1.54) is 30.3 Å². The molecule has 1 unspecified atom stereocenters. The lowest BCUT2D eigenvalue weighted by Crippen LogP contribution is -2.53. The topological polar surface area (TPSA) is 123 Å². The van der Waals surface area contributed by atoms with Crippen LogP contribution in [0.25, 0.3) is 10.6 Å². The van der Waals surface area contributed by atoms with Crippen LogP contribution in [0, 0.1) is 0 Å². The molecule has 5 rings (SSSR count). The van der Waals surface area contributed by atoms with Gasteiger partial charge >= 0.3 is 6.18 Å². The van der Waals surface area contributed by atoms with Crippen molar-refractivity contribution < 1.29 is 36.2 Å². The third kappa shape index (κ3) is 5.97. The lowest BCUT2D eigenvalue weighted by atomic mass is 9.86. The summed E-state index contributed by atoms with van der Waals surface area (Å²) in [6.45, 7) is 3.19. The molecule has 15 heteroatoms. The molecule has 4 aromatic rings. The molecule has 222 valence electrons. The molecule has 0 fully saturated rings. The van der Waals surface area contributed by atoms with Crippen LogP contribution in [-0.2, 0) is 23.2 Å². The highest BCUT2D eigenvalue weighted by atomic mass is 79.9. The molecule has 0 radical (unpaired) electrons. The summed E-state index contributed by atoms with van der Waals surface area (Å²) in [5.74, 6) is -0.184. The summed E-state index contributed by atoms with van der Waals surface area (Å²) in [6.07, 6.45) is -5.99. The number of ether oxygens (including phenoxy) is 1. The van der Waals surface area contributed by atoms with Crippen LogP contribution in [0.15, 0.2) is 69.3 Å². The van der Waals surface area contributed by atoms with Gasteiger partial charge < -0.3 is 15.2 Å². The van der Waals surface area contributed by atoms with E-state index in [2.05, 4.69) is 31.1 Å². The first-order chi connectivity index (χ1) is 19.5. The largest absolute Gasteiger partial charge is 0.485 e. The van der Waals surface area contributed by atoms with Crippen LogP contribution in [0.3, 0.4) is 0 Å². The zero-order valence-electron chi connectivity index (χ0n) is 22.2. The highest BCUT2D eigenvalue weighted by Gasteiger charge is 2.45. The average Bonchev–Trinajstić information content (AvgIpc) is 3.55. The van der Waals surface area contributed by atoms with Crippen LogP contribution in [0.1, 0.15) is 41.5 Å². The number of hydrogen-bond acceptors (Lipinski definition) is 7. The van der Waals surface area contributed by atoms with Gasteiger partial charge in [0.25, 0.3) is 15.9 Å². The number of aromatic nitrogens is 2. The monoisotopic (exact) mass is 684 g/mol.